The number of hydrogen-bond acceptors (Lipinski definition) is 6. The van der Waals surface area contributed by atoms with Gasteiger partial charge < -0.3 is 20.1 Å². The number of hydrogen-bond donors (Lipinski definition) is 2. The lowest BCUT2D eigenvalue weighted by Crippen LogP contribution is -2.01. The van der Waals surface area contributed by atoms with E-state index in [1.807, 2.05) is 24.3 Å². The monoisotopic (exact) mass is 341 g/mol. The Kier molecular flexibility index (Phi) is 6.41. The molecule has 0 aliphatic rings. The zero-order valence-corrected chi connectivity index (χ0v) is 13.9. The first-order valence-electron chi connectivity index (χ1n) is 7.44. The van der Waals surface area contributed by atoms with Crippen LogP contribution in [-0.4, -0.2) is 19.1 Å². The lowest BCUT2D eigenvalue weighted by Gasteiger charge is -2.07. The number of ether oxygens (including phenoxy) is 2. The second kappa shape index (κ2) is 8.97. The quantitative estimate of drug-likeness (QED) is 0.431. The van der Waals surface area contributed by atoms with E-state index in [1.54, 1.807) is 50.8 Å². The number of nitrogens with zero attached hydrogens (tertiary/aromatic N) is 1. The Balaban J connectivity index is 2.04. The van der Waals surface area contributed by atoms with Gasteiger partial charge in [0.1, 0.15) is 17.2 Å². The van der Waals surface area contributed by atoms with E-state index in [1.165, 1.54) is 0 Å². The number of methoxy groups -OCH3 is 2. The Morgan fingerprint density at radius 1 is 0.960 bits per heavy atom. The fourth-order valence-corrected chi connectivity index (χ4v) is 1.99. The molecule has 2 aromatic carbocycles. The van der Waals surface area contributed by atoms with Crippen LogP contribution in [0.3, 0.4) is 0 Å². The van der Waals surface area contributed by atoms with Crippen LogP contribution < -0.4 is 20.1 Å². The molecule has 2 N–H and O–H groups in total. The Hall–Kier alpha value is -3.48. The summed E-state index contributed by atoms with van der Waals surface area (Å²) in [5, 5.41) is 16.8. The Morgan fingerprint density at radius 2 is 1.48 bits per heavy atom. The highest BCUT2D eigenvalue weighted by molar-refractivity contribution is 5.53. The number of nitrogens with one attached hydrogen (secondary N) is 2. The van der Waals surface area contributed by atoms with Gasteiger partial charge >= 0.3 is 0 Å². The number of benzene rings is 2. The van der Waals surface area contributed by atoms with Crippen molar-refractivity contribution < 1.29 is 14.4 Å². The normalized spacial score (nSPS) is 11.2. The number of nitro groups is 1. The third-order valence-corrected chi connectivity index (χ3v) is 3.23. The lowest BCUT2D eigenvalue weighted by atomic mass is 10.3. The first-order chi connectivity index (χ1) is 12.1. The second-order valence-electron chi connectivity index (χ2n) is 4.93. The summed E-state index contributed by atoms with van der Waals surface area (Å²) in [5.74, 6) is 1.46. The third-order valence-electron chi connectivity index (χ3n) is 3.23. The number of rotatable bonds is 8. The van der Waals surface area contributed by atoms with E-state index in [4.69, 9.17) is 9.47 Å². The van der Waals surface area contributed by atoms with Crippen molar-refractivity contribution >= 4 is 11.4 Å². The Labute approximate surface area is 145 Å². The maximum Gasteiger partial charge on any atom is 0.257 e. The van der Waals surface area contributed by atoms with Crippen LogP contribution in [0, 0.1) is 10.1 Å². The van der Waals surface area contributed by atoms with E-state index in [0.29, 0.717) is 17.1 Å². The maximum atomic E-state index is 10.8. The summed E-state index contributed by atoms with van der Waals surface area (Å²) in [5.41, 5.74) is 1.88. The zero-order chi connectivity index (χ0) is 18.1. The Bertz CT molecular complexity index is 753. The van der Waals surface area contributed by atoms with Crippen LogP contribution in [0.5, 0.6) is 11.5 Å². The highest BCUT2D eigenvalue weighted by atomic mass is 16.6. The fraction of sp³-hybridized carbons (Fsp3) is 0.111. The van der Waals surface area contributed by atoms with Crippen LogP contribution in [-0.2, 0) is 0 Å². The number of allylic oxidation sites excluding steroid dienone is 1. The van der Waals surface area contributed by atoms with Gasteiger partial charge in [0.15, 0.2) is 0 Å². The van der Waals surface area contributed by atoms with Gasteiger partial charge in [-0.3, -0.25) is 10.1 Å². The summed E-state index contributed by atoms with van der Waals surface area (Å²) in [4.78, 5) is 10.3. The first-order valence-corrected chi connectivity index (χ1v) is 7.44. The summed E-state index contributed by atoms with van der Waals surface area (Å²) in [7, 11) is 3.18. The van der Waals surface area contributed by atoms with Crippen molar-refractivity contribution in [3.63, 3.8) is 0 Å². The molecule has 25 heavy (non-hydrogen) atoms. The summed E-state index contributed by atoms with van der Waals surface area (Å²) in [6, 6.07) is 14.4. The van der Waals surface area contributed by atoms with E-state index >= 15 is 0 Å². The second-order valence-corrected chi connectivity index (χ2v) is 4.93. The van der Waals surface area contributed by atoms with E-state index in [0.717, 1.165) is 17.6 Å². The largest absolute Gasteiger partial charge is 0.497 e. The van der Waals surface area contributed by atoms with Crippen LogP contribution in [0.2, 0.25) is 0 Å². The van der Waals surface area contributed by atoms with Gasteiger partial charge in [0.25, 0.3) is 6.20 Å². The van der Waals surface area contributed by atoms with Gasteiger partial charge in [0, 0.05) is 17.6 Å². The van der Waals surface area contributed by atoms with Crippen LogP contribution in [0.15, 0.2) is 72.7 Å². The highest BCUT2D eigenvalue weighted by Crippen LogP contribution is 2.18. The molecule has 0 aliphatic carbocycles. The molecule has 2 aromatic rings. The molecule has 0 atom stereocenters. The minimum Gasteiger partial charge on any atom is -0.497 e. The van der Waals surface area contributed by atoms with Crippen molar-refractivity contribution in [2.45, 2.75) is 0 Å². The molecule has 0 unspecified atom stereocenters. The molecule has 0 saturated carbocycles. The van der Waals surface area contributed by atoms with E-state index in [9.17, 15) is 10.1 Å². The van der Waals surface area contributed by atoms with Crippen molar-refractivity contribution in [1.82, 2.24) is 0 Å². The summed E-state index contributed by atoms with van der Waals surface area (Å²) < 4.78 is 10.2. The lowest BCUT2D eigenvalue weighted by molar-refractivity contribution is -0.403. The van der Waals surface area contributed by atoms with Crippen LogP contribution in [0.25, 0.3) is 0 Å². The molecule has 2 rings (SSSR count). The molecule has 0 heterocycles. The van der Waals surface area contributed by atoms with Crippen LogP contribution >= 0.6 is 0 Å². The van der Waals surface area contributed by atoms with Gasteiger partial charge in [0.2, 0.25) is 0 Å². The molecule has 7 nitrogen and oxygen atoms in total. The minimum atomic E-state index is -0.510. The standard InChI is InChI=1S/C18H19N3O4/c1-24-17-7-3-14(4-8-17)19-12-11-16(13-21(22)23)20-15-5-9-18(25-2)10-6-15/h3-13,19-20H,1-2H3/b12-11-,16-13-. The molecular weight excluding hydrogens is 322 g/mol. The predicted molar refractivity (Wildman–Crippen MR) is 97.5 cm³/mol. The molecular formula is C18H19N3O4. The minimum absolute atomic E-state index is 0.330. The van der Waals surface area contributed by atoms with Gasteiger partial charge in [-0.15, -0.1) is 0 Å². The van der Waals surface area contributed by atoms with Gasteiger partial charge in [-0.1, -0.05) is 0 Å². The highest BCUT2D eigenvalue weighted by Gasteiger charge is 2.01. The Morgan fingerprint density at radius 3 is 1.96 bits per heavy atom. The SMILES string of the molecule is COc1ccc(N/C=C\C(=C\[N+](=O)[O-])Nc2ccc(OC)cc2)cc1. The van der Waals surface area contributed by atoms with Gasteiger partial charge in [-0.25, -0.2) is 0 Å². The van der Waals surface area contributed by atoms with Crippen LogP contribution in [0.1, 0.15) is 0 Å². The van der Waals surface area contributed by atoms with Crippen molar-refractivity contribution in [2.24, 2.45) is 0 Å². The average Bonchev–Trinajstić information content (AvgIpc) is 2.62. The number of anilines is 2. The summed E-state index contributed by atoms with van der Waals surface area (Å²) in [6.07, 6.45) is 4.10. The summed E-state index contributed by atoms with van der Waals surface area (Å²) >= 11 is 0. The van der Waals surface area contributed by atoms with E-state index in [-0.39, 0.29) is 0 Å². The zero-order valence-electron chi connectivity index (χ0n) is 13.9. The molecule has 130 valence electrons. The third kappa shape index (κ3) is 5.91. The molecule has 0 radical (unpaired) electrons. The molecule has 0 saturated heterocycles. The van der Waals surface area contributed by atoms with Crippen molar-refractivity contribution in [1.29, 1.82) is 0 Å². The maximum absolute atomic E-state index is 10.8. The predicted octanol–water partition coefficient (Wildman–Crippen LogP) is 3.86. The summed E-state index contributed by atoms with van der Waals surface area (Å²) in [6.45, 7) is 0. The molecule has 0 aliphatic heterocycles. The van der Waals surface area contributed by atoms with Crippen molar-refractivity contribution in [3.8, 4) is 11.5 Å². The van der Waals surface area contributed by atoms with Gasteiger partial charge in [0.05, 0.1) is 19.1 Å². The fourth-order valence-electron chi connectivity index (χ4n) is 1.99. The average molecular weight is 341 g/mol. The molecule has 0 amide bonds. The van der Waals surface area contributed by atoms with Gasteiger partial charge in [-0.05, 0) is 54.6 Å². The molecule has 0 spiro atoms. The molecule has 0 bridgehead atoms. The molecule has 7 heteroatoms. The van der Waals surface area contributed by atoms with Gasteiger partial charge in [-0.2, -0.15) is 0 Å². The first kappa shape index (κ1) is 17.9. The molecule has 0 fully saturated rings. The van der Waals surface area contributed by atoms with E-state index in [2.05, 4.69) is 10.6 Å². The van der Waals surface area contributed by atoms with Crippen molar-refractivity contribution in [2.75, 3.05) is 24.9 Å². The van der Waals surface area contributed by atoms with Crippen molar-refractivity contribution in [3.05, 3.63) is 82.8 Å². The topological polar surface area (TPSA) is 85.7 Å². The smallest absolute Gasteiger partial charge is 0.257 e. The molecule has 0 aromatic heterocycles. The van der Waals surface area contributed by atoms with Crippen LogP contribution in [0.4, 0.5) is 11.4 Å². The van der Waals surface area contributed by atoms with E-state index < -0.39 is 4.92 Å².